The molecule has 0 atom stereocenters. The number of rotatable bonds is 4. The van der Waals surface area contributed by atoms with Crippen LogP contribution in [0.1, 0.15) is 36.8 Å². The van der Waals surface area contributed by atoms with E-state index in [1.165, 1.54) is 6.07 Å². The van der Waals surface area contributed by atoms with Crippen molar-refractivity contribution in [3.63, 3.8) is 0 Å². The van der Waals surface area contributed by atoms with Crippen LogP contribution >= 0.6 is 11.8 Å². The van der Waals surface area contributed by atoms with Crippen LogP contribution < -0.4 is 4.90 Å². The molecule has 1 aromatic carbocycles. The van der Waals surface area contributed by atoms with Gasteiger partial charge in [-0.05, 0) is 73.7 Å². The Hall–Kier alpha value is -2.35. The number of hydrogen-bond acceptors (Lipinski definition) is 5. The minimum Gasteiger partial charge on any atom is -0.369 e. The third-order valence-electron chi connectivity index (χ3n) is 5.69. The van der Waals surface area contributed by atoms with Gasteiger partial charge in [-0.1, -0.05) is 0 Å². The molecule has 3 amide bonds. The molecule has 154 valence electrons. The average Bonchev–Trinajstić information content (AvgIpc) is 3.44. The summed E-state index contributed by atoms with van der Waals surface area (Å²) in [5.41, 5.74) is 2.00. The van der Waals surface area contributed by atoms with Crippen LogP contribution in [0, 0.1) is 12.7 Å². The number of hydrogen-bond donors (Lipinski definition) is 0. The van der Waals surface area contributed by atoms with Crippen molar-refractivity contribution in [3.8, 4) is 0 Å². The number of thioether (sulfide) groups is 1. The van der Waals surface area contributed by atoms with Gasteiger partial charge in [0.15, 0.2) is 0 Å². The maximum Gasteiger partial charge on any atom is 0.294 e. The smallest absolute Gasteiger partial charge is 0.294 e. The number of nitrogens with zero attached hydrogens (tertiary/aromatic N) is 3. The maximum atomic E-state index is 14.7. The Kier molecular flexibility index (Phi) is 5.63. The molecular weight excluding hydrogens is 393 g/mol. The molecule has 0 spiro atoms. The maximum absolute atomic E-state index is 14.7. The SMILES string of the molecule is Cc1cc(N2CCCC2)c(F)cc1/C=C1/SC(=O)N(CC(=O)N2CCCC2)C1=O. The van der Waals surface area contributed by atoms with Crippen LogP contribution in [-0.2, 0) is 9.59 Å². The van der Waals surface area contributed by atoms with Crippen molar-refractivity contribution < 1.29 is 18.8 Å². The zero-order valence-corrected chi connectivity index (χ0v) is 17.3. The number of likely N-dealkylation sites (tertiary alicyclic amines) is 1. The standard InChI is InChI=1S/C21H24FN3O3S/c1-14-10-17(23-6-2-3-7-23)16(22)11-15(14)12-18-20(27)25(21(28)29-18)13-19(26)24-8-4-5-9-24/h10-12H,2-9,13H2,1H3/b18-12+. The van der Waals surface area contributed by atoms with E-state index >= 15 is 0 Å². The average molecular weight is 418 g/mol. The van der Waals surface area contributed by atoms with Gasteiger partial charge >= 0.3 is 0 Å². The normalized spacial score (nSPS) is 21.2. The van der Waals surface area contributed by atoms with Gasteiger partial charge in [-0.2, -0.15) is 0 Å². The van der Waals surface area contributed by atoms with Crippen LogP contribution in [-0.4, -0.2) is 59.6 Å². The summed E-state index contributed by atoms with van der Waals surface area (Å²) in [6.45, 7) is 4.67. The van der Waals surface area contributed by atoms with Gasteiger partial charge in [-0.25, -0.2) is 4.39 Å². The Morgan fingerprint density at radius 3 is 2.45 bits per heavy atom. The van der Waals surface area contributed by atoms with Crippen LogP contribution in [0.2, 0.25) is 0 Å². The highest BCUT2D eigenvalue weighted by atomic mass is 32.2. The molecule has 8 heteroatoms. The minimum atomic E-state index is -0.490. The molecule has 3 saturated heterocycles. The summed E-state index contributed by atoms with van der Waals surface area (Å²) in [5, 5.41) is -0.458. The van der Waals surface area contributed by atoms with Crippen molar-refractivity contribution in [2.45, 2.75) is 32.6 Å². The van der Waals surface area contributed by atoms with E-state index in [9.17, 15) is 18.8 Å². The molecule has 3 aliphatic heterocycles. The number of halogens is 1. The van der Waals surface area contributed by atoms with Gasteiger partial charge in [-0.15, -0.1) is 0 Å². The van der Waals surface area contributed by atoms with Gasteiger partial charge in [0, 0.05) is 26.2 Å². The fraction of sp³-hybridized carbons (Fsp3) is 0.476. The molecule has 3 heterocycles. The third-order valence-corrected chi connectivity index (χ3v) is 6.60. The number of anilines is 1. The topological polar surface area (TPSA) is 60.9 Å². The zero-order chi connectivity index (χ0) is 20.5. The fourth-order valence-corrected chi connectivity index (χ4v) is 4.85. The summed E-state index contributed by atoms with van der Waals surface area (Å²) >= 11 is 0.800. The van der Waals surface area contributed by atoms with Gasteiger partial charge in [0.2, 0.25) is 5.91 Å². The summed E-state index contributed by atoms with van der Waals surface area (Å²) in [6, 6.07) is 3.22. The van der Waals surface area contributed by atoms with E-state index in [0.29, 0.717) is 24.3 Å². The van der Waals surface area contributed by atoms with Gasteiger partial charge < -0.3 is 9.80 Å². The summed E-state index contributed by atoms with van der Waals surface area (Å²) in [4.78, 5) is 42.2. The molecule has 3 aliphatic rings. The lowest BCUT2D eigenvalue weighted by Gasteiger charge is -2.20. The zero-order valence-electron chi connectivity index (χ0n) is 16.4. The summed E-state index contributed by atoms with van der Waals surface area (Å²) < 4.78 is 14.7. The van der Waals surface area contributed by atoms with E-state index in [1.807, 2.05) is 11.8 Å². The van der Waals surface area contributed by atoms with Gasteiger partial charge in [0.1, 0.15) is 12.4 Å². The molecule has 0 N–H and O–H groups in total. The first-order valence-corrected chi connectivity index (χ1v) is 10.8. The molecule has 4 rings (SSSR count). The van der Waals surface area contributed by atoms with Gasteiger partial charge in [0.25, 0.3) is 11.1 Å². The quantitative estimate of drug-likeness (QED) is 0.703. The second kappa shape index (κ2) is 8.18. The predicted molar refractivity (Wildman–Crippen MR) is 111 cm³/mol. The van der Waals surface area contributed by atoms with E-state index in [4.69, 9.17) is 0 Å². The second-order valence-electron chi connectivity index (χ2n) is 7.71. The Bertz CT molecular complexity index is 889. The van der Waals surface area contributed by atoms with Crippen molar-refractivity contribution in [2.24, 2.45) is 0 Å². The van der Waals surface area contributed by atoms with E-state index < -0.39 is 11.1 Å². The highest BCUT2D eigenvalue weighted by molar-refractivity contribution is 8.18. The first-order chi connectivity index (χ1) is 13.9. The van der Waals surface area contributed by atoms with Crippen molar-refractivity contribution in [2.75, 3.05) is 37.6 Å². The van der Waals surface area contributed by atoms with Gasteiger partial charge in [-0.3, -0.25) is 19.3 Å². The minimum absolute atomic E-state index is 0.205. The second-order valence-corrected chi connectivity index (χ2v) is 8.70. The molecular formula is C21H24FN3O3S. The molecule has 0 radical (unpaired) electrons. The largest absolute Gasteiger partial charge is 0.369 e. The lowest BCUT2D eigenvalue weighted by atomic mass is 10.1. The molecule has 6 nitrogen and oxygen atoms in total. The number of carbonyl (C=O) groups excluding carboxylic acids is 3. The summed E-state index contributed by atoms with van der Waals surface area (Å²) in [6.07, 6.45) is 5.57. The fourth-order valence-electron chi connectivity index (χ4n) is 4.02. The lowest BCUT2D eigenvalue weighted by Crippen LogP contribution is -2.40. The van der Waals surface area contributed by atoms with Crippen molar-refractivity contribution >= 4 is 40.6 Å². The van der Waals surface area contributed by atoms with Crippen LogP contribution in [0.5, 0.6) is 0 Å². The Morgan fingerprint density at radius 1 is 1.10 bits per heavy atom. The highest BCUT2D eigenvalue weighted by Gasteiger charge is 2.37. The molecule has 29 heavy (non-hydrogen) atoms. The van der Waals surface area contributed by atoms with Crippen molar-refractivity contribution in [3.05, 3.63) is 34.0 Å². The molecule has 3 fully saturated rings. The van der Waals surface area contributed by atoms with E-state index in [0.717, 1.165) is 61.0 Å². The Balaban J connectivity index is 1.52. The summed E-state index contributed by atoms with van der Waals surface area (Å²) in [5.74, 6) is -1.02. The number of amides is 3. The lowest BCUT2D eigenvalue weighted by molar-refractivity contribution is -0.135. The highest BCUT2D eigenvalue weighted by Crippen LogP contribution is 2.34. The van der Waals surface area contributed by atoms with E-state index in [1.54, 1.807) is 17.0 Å². The van der Waals surface area contributed by atoms with E-state index in [-0.39, 0.29) is 23.2 Å². The molecule has 0 aromatic heterocycles. The van der Waals surface area contributed by atoms with Crippen molar-refractivity contribution in [1.82, 2.24) is 9.80 Å². The summed E-state index contributed by atoms with van der Waals surface area (Å²) in [7, 11) is 0. The van der Waals surface area contributed by atoms with Crippen molar-refractivity contribution in [1.29, 1.82) is 0 Å². The number of carbonyl (C=O) groups is 3. The first-order valence-electron chi connectivity index (χ1n) is 10.0. The number of imide groups is 1. The number of benzene rings is 1. The van der Waals surface area contributed by atoms with E-state index in [2.05, 4.69) is 0 Å². The monoisotopic (exact) mass is 417 g/mol. The molecule has 0 aliphatic carbocycles. The predicted octanol–water partition coefficient (Wildman–Crippen LogP) is 3.39. The molecule has 0 saturated carbocycles. The number of aryl methyl sites for hydroxylation is 1. The molecule has 0 bridgehead atoms. The Labute approximate surface area is 173 Å². The Morgan fingerprint density at radius 2 is 1.76 bits per heavy atom. The van der Waals surface area contributed by atoms with Crippen LogP contribution in [0.15, 0.2) is 17.0 Å². The van der Waals surface area contributed by atoms with Gasteiger partial charge in [0.05, 0.1) is 10.6 Å². The first kappa shape index (κ1) is 19.9. The molecule has 0 unspecified atom stereocenters. The molecule has 1 aromatic rings. The third kappa shape index (κ3) is 4.03. The van der Waals surface area contributed by atoms with Crippen LogP contribution in [0.3, 0.4) is 0 Å². The van der Waals surface area contributed by atoms with Crippen LogP contribution in [0.25, 0.3) is 6.08 Å². The van der Waals surface area contributed by atoms with Crippen LogP contribution in [0.4, 0.5) is 14.9 Å².